The summed E-state index contributed by atoms with van der Waals surface area (Å²) < 4.78 is 281. The quantitative estimate of drug-likeness (QED) is 0.170. The second-order valence-corrected chi connectivity index (χ2v) is 11.3. The van der Waals surface area contributed by atoms with Crippen LogP contribution in [0.5, 0.6) is 0 Å². The van der Waals surface area contributed by atoms with Gasteiger partial charge in [-0.25, -0.2) is 0 Å². The molecule has 0 aliphatic heterocycles. The summed E-state index contributed by atoms with van der Waals surface area (Å²) in [5, 5.41) is -8.38. The van der Waals surface area contributed by atoms with Crippen molar-refractivity contribution in [2.75, 3.05) is 0 Å². The van der Waals surface area contributed by atoms with Gasteiger partial charge in [-0.2, -0.15) is 0 Å². The van der Waals surface area contributed by atoms with E-state index in [0.717, 1.165) is 0 Å². The van der Waals surface area contributed by atoms with Gasteiger partial charge in [0, 0.05) is 10.8 Å². The van der Waals surface area contributed by atoms with Gasteiger partial charge in [-0.15, -0.1) is 0 Å². The maximum Gasteiger partial charge on any atom is 0.136 e. The van der Waals surface area contributed by atoms with Gasteiger partial charge in [-0.3, -0.25) is 0 Å². The maximum absolute atomic E-state index is 9.86. The van der Waals surface area contributed by atoms with E-state index in [2.05, 4.69) is 0 Å². The van der Waals surface area contributed by atoms with Crippen LogP contribution in [0.15, 0.2) is 186 Å². The zero-order chi connectivity index (χ0) is 59.6. The van der Waals surface area contributed by atoms with E-state index in [1.165, 1.54) is 0 Å². The van der Waals surface area contributed by atoms with Crippen LogP contribution < -0.4 is 0 Å². The summed E-state index contributed by atoms with van der Waals surface area (Å²) in [6.07, 6.45) is 0. The molecule has 1 heterocycles. The van der Waals surface area contributed by atoms with Crippen molar-refractivity contribution in [2.24, 2.45) is 0 Å². The Kier molecular flexibility index (Phi) is 2.50. The second-order valence-electron chi connectivity index (χ2n) is 11.3. The fourth-order valence-corrected chi connectivity index (χ4v) is 6.57. The van der Waals surface area contributed by atoms with Crippen molar-refractivity contribution in [3.63, 3.8) is 0 Å². The predicted octanol–water partition coefficient (Wildman–Crippen LogP) is 14.4. The van der Waals surface area contributed by atoms with E-state index in [9.17, 15) is 17.8 Å². The molecule has 0 aliphatic rings. The smallest absolute Gasteiger partial charge is 0.136 e. The van der Waals surface area contributed by atoms with E-state index in [1.807, 2.05) is 0 Å². The molecule has 51 heavy (non-hydrogen) atoms. The molecule has 0 unspecified atom stereocenters. The Balaban J connectivity index is 1.51. The van der Waals surface area contributed by atoms with E-state index in [-0.39, 0.29) is 0 Å². The van der Waals surface area contributed by atoms with Crippen LogP contribution in [0.4, 0.5) is 0 Å². The van der Waals surface area contributed by atoms with Gasteiger partial charge in [0.05, 0.1) is 41.1 Å². The van der Waals surface area contributed by atoms with Crippen LogP contribution >= 0.6 is 0 Å². The summed E-state index contributed by atoms with van der Waals surface area (Å²) in [7, 11) is 0. The summed E-state index contributed by atoms with van der Waals surface area (Å²) in [6, 6.07) is -29.2. The minimum atomic E-state index is -1.13. The van der Waals surface area contributed by atoms with Gasteiger partial charge < -0.3 is 4.42 Å². The van der Waals surface area contributed by atoms with E-state index in [0.29, 0.717) is 0 Å². The van der Waals surface area contributed by atoms with Gasteiger partial charge in [-0.1, -0.05) is 163 Å². The van der Waals surface area contributed by atoms with Gasteiger partial charge in [0.25, 0.3) is 0 Å². The van der Waals surface area contributed by atoms with Crippen LogP contribution in [0, 0.1) is 0 Å². The molecule has 0 fully saturated rings. The minimum Gasteiger partial charge on any atom is -0.456 e. The largest absolute Gasteiger partial charge is 0.456 e. The van der Waals surface area contributed by atoms with Gasteiger partial charge in [-0.05, 0) is 105 Å². The molecule has 1 heteroatoms. The Morgan fingerprint density at radius 1 is 0.314 bits per heavy atom. The molecule has 236 valence electrons. The van der Waals surface area contributed by atoms with Crippen molar-refractivity contribution in [2.45, 2.75) is 0 Å². The van der Waals surface area contributed by atoms with Crippen LogP contribution in [-0.4, -0.2) is 0 Å². The Hall–Kier alpha value is -6.70. The monoisotopic (exact) mass is 676 g/mol. The van der Waals surface area contributed by atoms with E-state index in [4.69, 9.17) is 27.7 Å². The molecule has 1 nitrogen and oxygen atoms in total. The lowest BCUT2D eigenvalue weighted by Crippen LogP contribution is -1.93. The molecule has 1 aromatic heterocycles. The average Bonchev–Trinajstić information content (AvgIpc) is 3.30. The Labute approximate surface area is 336 Å². The lowest BCUT2D eigenvalue weighted by Gasteiger charge is -2.20. The average molecular weight is 677 g/mol. The molecule has 0 amide bonds. The number of furan rings is 1. The van der Waals surface area contributed by atoms with Crippen molar-refractivity contribution in [1.82, 2.24) is 0 Å². The van der Waals surface area contributed by atoms with Crippen molar-refractivity contribution in [3.05, 3.63) is 181 Å². The standard InChI is InChI=1S/C50H30O/c1-2-14-34-30-35(27-26-31(34)12-1)47-37-18-5-7-20-40(37)48(41-21-8-6-19-38(41)47)43-24-10-16-33-15-9-22-39(46(33)43)42-23-11-25-44-50(42)49-36-17-4-3-13-32(36)28-29-45(49)51-44/h1-30H/i1D,2D,3D,4D,5D,6D,7D,8D,9D,10D,11D,12D,13D,14D,15D,16D,17D,18D,19D,20D,21D,22D,23D,24D,25D,26D,27D,28D,29D,30D. The molecule has 0 saturated heterocycles. The minimum absolute atomic E-state index is 0.496. The van der Waals surface area contributed by atoms with Crippen molar-refractivity contribution < 1.29 is 45.5 Å². The van der Waals surface area contributed by atoms with Gasteiger partial charge in [0.2, 0.25) is 0 Å². The van der Waals surface area contributed by atoms with Crippen molar-refractivity contribution in [1.29, 1.82) is 0 Å². The summed E-state index contributed by atoms with van der Waals surface area (Å²) in [5.74, 6) is 0. The molecule has 0 spiro atoms. The van der Waals surface area contributed by atoms with Crippen molar-refractivity contribution >= 4 is 75.8 Å². The number of fused-ring (bicyclic) bond motifs is 9. The number of hydrogen-bond acceptors (Lipinski definition) is 1. The zero-order valence-corrected chi connectivity index (χ0v) is 25.4. The fourth-order valence-electron chi connectivity index (χ4n) is 6.57. The fraction of sp³-hybridized carbons (Fsp3) is 0. The lowest BCUT2D eigenvalue weighted by molar-refractivity contribution is 0.669. The van der Waals surface area contributed by atoms with Crippen LogP contribution in [-0.2, 0) is 0 Å². The molecule has 0 aliphatic carbocycles. The molecule has 0 N–H and O–H groups in total. The number of rotatable bonds is 3. The first-order valence-electron chi connectivity index (χ1n) is 30.2. The Morgan fingerprint density at radius 3 is 1.55 bits per heavy atom. The topological polar surface area (TPSA) is 13.1 Å². The van der Waals surface area contributed by atoms with E-state index in [1.54, 1.807) is 0 Å². The van der Waals surface area contributed by atoms with Gasteiger partial charge >= 0.3 is 0 Å². The first-order chi connectivity index (χ1) is 37.8. The van der Waals surface area contributed by atoms with Gasteiger partial charge in [0.15, 0.2) is 0 Å². The van der Waals surface area contributed by atoms with Crippen LogP contribution in [0.2, 0.25) is 0 Å². The van der Waals surface area contributed by atoms with Crippen molar-refractivity contribution in [3.8, 4) is 33.4 Å². The van der Waals surface area contributed by atoms with Gasteiger partial charge in [0.1, 0.15) is 11.2 Å². The highest BCUT2D eigenvalue weighted by Crippen LogP contribution is 2.48. The summed E-state index contributed by atoms with van der Waals surface area (Å²) >= 11 is 0. The molecule has 10 aromatic carbocycles. The highest BCUT2D eigenvalue weighted by atomic mass is 16.3. The molecule has 0 atom stereocenters. The summed E-state index contributed by atoms with van der Waals surface area (Å²) in [6.45, 7) is 0. The number of hydrogen-bond donors (Lipinski definition) is 0. The molecule has 0 saturated carbocycles. The third-order valence-corrected chi connectivity index (χ3v) is 8.64. The zero-order valence-electron chi connectivity index (χ0n) is 55.4. The first-order valence-corrected chi connectivity index (χ1v) is 15.2. The lowest BCUT2D eigenvalue weighted by atomic mass is 9.83. The third-order valence-electron chi connectivity index (χ3n) is 8.64. The van der Waals surface area contributed by atoms with E-state index >= 15 is 0 Å². The predicted molar refractivity (Wildman–Crippen MR) is 218 cm³/mol. The summed E-state index contributed by atoms with van der Waals surface area (Å²) in [4.78, 5) is 0. The molecule has 0 bridgehead atoms. The van der Waals surface area contributed by atoms with Crippen LogP contribution in [0.1, 0.15) is 41.1 Å². The first kappa shape index (κ1) is 11.7. The third kappa shape index (κ3) is 4.16. The van der Waals surface area contributed by atoms with E-state index < -0.39 is 290 Å². The molecular weight excluding hydrogens is 617 g/mol. The second kappa shape index (κ2) is 10.9. The van der Waals surface area contributed by atoms with Crippen LogP contribution in [0.3, 0.4) is 0 Å². The number of benzene rings is 10. The molecule has 11 rings (SSSR count). The molecular formula is C50H30O. The summed E-state index contributed by atoms with van der Waals surface area (Å²) in [5.41, 5.74) is -6.31. The Morgan fingerprint density at radius 2 is 0.824 bits per heavy atom. The highest BCUT2D eigenvalue weighted by molar-refractivity contribution is 6.27. The molecule has 11 aromatic rings. The normalized spacial score (nSPS) is 20.2. The molecule has 0 radical (unpaired) electrons. The maximum atomic E-state index is 9.86. The SMILES string of the molecule is [2H]c1c([2H])c(-c2c([2H])c([2H])c([2H])c3c([2H])c([2H])c([2H])c(-c4c5c([2H])c([2H])c([2H])c([2H])c5c(-c5c([2H])c([2H])c6c([2H])c([2H])c([2H])c([2H])c6c5[2H])c5c([2H])c([2H])c([2H])c([2H])c45)c23)c2c(oc3c([2H])c([2H])c4c([2H])c([2H])c([2H])c([2H])c4c32)c1[2H]. The van der Waals surface area contributed by atoms with Crippen LogP contribution in [0.25, 0.3) is 109 Å². The Bertz CT molecular complexity index is 4840. The highest BCUT2D eigenvalue weighted by Gasteiger charge is 2.21.